The smallest absolute Gasteiger partial charge is 0.416 e. The van der Waals surface area contributed by atoms with E-state index in [4.69, 9.17) is 9.47 Å². The first kappa shape index (κ1) is 34.5. The third-order valence-corrected chi connectivity index (χ3v) is 6.73. The Morgan fingerprint density at radius 2 is 1.80 bits per heavy atom. The Kier molecular flexibility index (Phi) is 11.7. The molecule has 3 rings (SSSR count). The molecule has 13 nitrogen and oxygen atoms in total. The third-order valence-electron chi connectivity index (χ3n) is 6.73. The van der Waals surface area contributed by atoms with E-state index in [-0.39, 0.29) is 37.6 Å². The van der Waals surface area contributed by atoms with Crippen molar-refractivity contribution < 1.29 is 33.8 Å². The summed E-state index contributed by atoms with van der Waals surface area (Å²) in [4.78, 5) is 56.2. The van der Waals surface area contributed by atoms with E-state index in [9.17, 15) is 24.3 Å². The lowest BCUT2D eigenvalue weighted by molar-refractivity contribution is -0.141. The fourth-order valence-electron chi connectivity index (χ4n) is 4.46. The molecule has 13 heteroatoms. The molecule has 0 saturated heterocycles. The summed E-state index contributed by atoms with van der Waals surface area (Å²) < 4.78 is 11.9. The van der Waals surface area contributed by atoms with E-state index >= 15 is 0 Å². The fourth-order valence-corrected chi connectivity index (χ4v) is 4.46. The molecule has 45 heavy (non-hydrogen) atoms. The van der Waals surface area contributed by atoms with Crippen molar-refractivity contribution in [1.29, 1.82) is 0 Å². The molecule has 0 unspecified atom stereocenters. The Hall–Kier alpha value is -4.94. The van der Waals surface area contributed by atoms with Crippen molar-refractivity contribution in [2.75, 3.05) is 25.1 Å². The number of hydrogen-bond acceptors (Lipinski definition) is 9. The summed E-state index contributed by atoms with van der Waals surface area (Å²) in [6.45, 7) is 10.5. The average molecular weight is 623 g/mol. The number of aromatic nitrogens is 3. The zero-order chi connectivity index (χ0) is 33.3. The van der Waals surface area contributed by atoms with Gasteiger partial charge in [0.2, 0.25) is 11.8 Å². The lowest BCUT2D eigenvalue weighted by Crippen LogP contribution is -2.40. The number of esters is 1. The topological polar surface area (TPSA) is 165 Å². The number of amides is 3. The molecule has 0 spiro atoms. The summed E-state index contributed by atoms with van der Waals surface area (Å²) in [5.74, 6) is -0.927. The summed E-state index contributed by atoms with van der Waals surface area (Å²) in [5.41, 5.74) is 2.46. The Bertz CT molecular complexity index is 1530. The number of benzene rings is 1. The highest BCUT2D eigenvalue weighted by molar-refractivity contribution is 5.87. The van der Waals surface area contributed by atoms with Crippen molar-refractivity contribution >= 4 is 29.7 Å². The van der Waals surface area contributed by atoms with Crippen LogP contribution in [0.1, 0.15) is 68.6 Å². The van der Waals surface area contributed by atoms with Crippen molar-refractivity contribution in [1.82, 2.24) is 25.4 Å². The highest BCUT2D eigenvalue weighted by Gasteiger charge is 2.25. The molecular weight excluding hydrogens is 580 g/mol. The Labute approximate surface area is 262 Å². The molecule has 1 aromatic carbocycles. The minimum Gasteiger partial charge on any atom is -0.504 e. The van der Waals surface area contributed by atoms with Gasteiger partial charge in [-0.15, -0.1) is 0 Å². The number of carbonyl (C=O) groups excluding carboxylic acids is 4. The number of aryl methyl sites for hydroxylation is 2. The van der Waals surface area contributed by atoms with Crippen LogP contribution in [0.2, 0.25) is 0 Å². The van der Waals surface area contributed by atoms with E-state index < -0.39 is 29.6 Å². The van der Waals surface area contributed by atoms with Crippen LogP contribution in [-0.2, 0) is 23.9 Å². The summed E-state index contributed by atoms with van der Waals surface area (Å²) in [7, 11) is 1.26. The minimum atomic E-state index is -0.753. The van der Waals surface area contributed by atoms with Crippen LogP contribution in [-0.4, -0.2) is 69.5 Å². The standard InChI is InChI=1S/C32H42N6O7/c1-20-13-14-33-26(16-20)37(31(43)45-32(4,5)6)15-9-12-27(39)34-19-28(40)35-25(18-29(41)44-7)23-10-8-11-24(17-23)38-22(3)30(42)21(2)36-38/h8,10-11,13-14,16-17,25,42H,9,12,15,18-19H2,1-7H3,(H,34,39)(H,35,40)/t25-/m0/s1. The second-order valence-electron chi connectivity index (χ2n) is 11.6. The Balaban J connectivity index is 1.61. The van der Waals surface area contributed by atoms with Gasteiger partial charge in [0, 0.05) is 19.2 Å². The number of ether oxygens (including phenoxy) is 2. The number of rotatable bonds is 12. The van der Waals surface area contributed by atoms with Gasteiger partial charge in [0.05, 0.1) is 37.5 Å². The lowest BCUT2D eigenvalue weighted by Gasteiger charge is -2.27. The maximum atomic E-state index is 12.9. The molecule has 0 radical (unpaired) electrons. The van der Waals surface area contributed by atoms with Crippen LogP contribution >= 0.6 is 0 Å². The monoisotopic (exact) mass is 622 g/mol. The molecule has 0 bridgehead atoms. The predicted molar refractivity (Wildman–Crippen MR) is 167 cm³/mol. The van der Waals surface area contributed by atoms with E-state index in [1.54, 1.807) is 75.8 Å². The minimum absolute atomic E-state index is 0.0432. The van der Waals surface area contributed by atoms with Crippen LogP contribution in [0.15, 0.2) is 42.6 Å². The van der Waals surface area contributed by atoms with Crippen LogP contribution in [0.3, 0.4) is 0 Å². The number of carbonyl (C=O) groups is 4. The quantitative estimate of drug-likeness (QED) is 0.254. The highest BCUT2D eigenvalue weighted by atomic mass is 16.6. The van der Waals surface area contributed by atoms with Crippen LogP contribution in [0.5, 0.6) is 5.75 Å². The van der Waals surface area contributed by atoms with E-state index in [0.29, 0.717) is 34.9 Å². The van der Waals surface area contributed by atoms with Crippen LogP contribution in [0.25, 0.3) is 5.69 Å². The van der Waals surface area contributed by atoms with Gasteiger partial charge in [-0.2, -0.15) is 5.10 Å². The van der Waals surface area contributed by atoms with Crippen molar-refractivity contribution in [2.45, 2.75) is 72.4 Å². The molecule has 242 valence electrons. The molecular formula is C32H42N6O7. The first-order valence-corrected chi connectivity index (χ1v) is 14.6. The Morgan fingerprint density at radius 3 is 2.42 bits per heavy atom. The number of anilines is 1. The molecule has 2 aromatic heterocycles. The van der Waals surface area contributed by atoms with Gasteiger partial charge < -0.3 is 25.2 Å². The summed E-state index contributed by atoms with van der Waals surface area (Å²) in [6, 6.07) is 9.87. The maximum Gasteiger partial charge on any atom is 0.416 e. The second-order valence-corrected chi connectivity index (χ2v) is 11.6. The maximum absolute atomic E-state index is 12.9. The molecule has 3 aromatic rings. The van der Waals surface area contributed by atoms with Gasteiger partial charge >= 0.3 is 12.1 Å². The van der Waals surface area contributed by atoms with Crippen molar-refractivity contribution in [3.8, 4) is 11.4 Å². The first-order valence-electron chi connectivity index (χ1n) is 14.6. The van der Waals surface area contributed by atoms with Crippen LogP contribution < -0.4 is 15.5 Å². The number of nitrogens with zero attached hydrogens (tertiary/aromatic N) is 4. The highest BCUT2D eigenvalue weighted by Crippen LogP contribution is 2.26. The van der Waals surface area contributed by atoms with Gasteiger partial charge in [-0.05, 0) is 83.4 Å². The number of nitrogens with one attached hydrogen (secondary N) is 2. The number of methoxy groups -OCH3 is 1. The van der Waals surface area contributed by atoms with Gasteiger partial charge in [0.25, 0.3) is 0 Å². The molecule has 3 amide bonds. The molecule has 0 fully saturated rings. The van der Waals surface area contributed by atoms with Crippen LogP contribution in [0, 0.1) is 20.8 Å². The van der Waals surface area contributed by atoms with Crippen molar-refractivity contribution in [2.24, 2.45) is 0 Å². The normalized spacial score (nSPS) is 11.8. The zero-order valence-electron chi connectivity index (χ0n) is 26.8. The van der Waals surface area contributed by atoms with Gasteiger partial charge in [-0.25, -0.2) is 14.5 Å². The molecule has 0 aliphatic carbocycles. The Morgan fingerprint density at radius 1 is 1.07 bits per heavy atom. The van der Waals surface area contributed by atoms with Gasteiger partial charge in [0.1, 0.15) is 17.1 Å². The van der Waals surface area contributed by atoms with Crippen LogP contribution in [0.4, 0.5) is 10.6 Å². The first-order chi connectivity index (χ1) is 21.2. The number of hydrogen-bond donors (Lipinski definition) is 3. The zero-order valence-corrected chi connectivity index (χ0v) is 26.8. The third kappa shape index (κ3) is 10.1. The molecule has 1 atom stereocenters. The largest absolute Gasteiger partial charge is 0.504 e. The van der Waals surface area contributed by atoms with Gasteiger partial charge in [-0.1, -0.05) is 12.1 Å². The summed E-state index contributed by atoms with van der Waals surface area (Å²) in [6.07, 6.45) is 1.22. The van der Waals surface area contributed by atoms with E-state index in [1.807, 2.05) is 13.0 Å². The average Bonchev–Trinajstić information content (AvgIpc) is 3.24. The molecule has 2 heterocycles. The lowest BCUT2D eigenvalue weighted by atomic mass is 10.0. The second kappa shape index (κ2) is 15.2. The summed E-state index contributed by atoms with van der Waals surface area (Å²) in [5, 5.41) is 19.9. The van der Waals surface area contributed by atoms with E-state index in [2.05, 4.69) is 20.7 Å². The number of aromatic hydroxyl groups is 1. The summed E-state index contributed by atoms with van der Waals surface area (Å²) >= 11 is 0. The molecule has 3 N–H and O–H groups in total. The SMILES string of the molecule is COC(=O)C[C@H](NC(=O)CNC(=O)CCCN(C(=O)OC(C)(C)C)c1cc(C)ccn1)c1cccc(-n2nc(C)c(O)c2C)c1. The van der Waals surface area contributed by atoms with Gasteiger partial charge in [-0.3, -0.25) is 19.3 Å². The van der Waals surface area contributed by atoms with Crippen molar-refractivity contribution in [3.63, 3.8) is 0 Å². The van der Waals surface area contributed by atoms with Crippen molar-refractivity contribution in [3.05, 3.63) is 65.1 Å². The van der Waals surface area contributed by atoms with Gasteiger partial charge in [0.15, 0.2) is 5.75 Å². The molecule has 0 aliphatic heterocycles. The van der Waals surface area contributed by atoms with E-state index in [1.165, 1.54) is 12.0 Å². The van der Waals surface area contributed by atoms with E-state index in [0.717, 1.165) is 5.56 Å². The molecule has 0 saturated carbocycles. The predicted octanol–water partition coefficient (Wildman–Crippen LogP) is 3.96. The molecule has 0 aliphatic rings. The number of pyridine rings is 1. The fraction of sp³-hybridized carbons (Fsp3) is 0.438.